The fraction of sp³-hybridized carbons (Fsp3) is 0.391. The van der Waals surface area contributed by atoms with Gasteiger partial charge in [0.1, 0.15) is 5.75 Å². The van der Waals surface area contributed by atoms with Crippen molar-refractivity contribution in [3.05, 3.63) is 53.6 Å². The van der Waals surface area contributed by atoms with Crippen molar-refractivity contribution in [2.24, 2.45) is 5.92 Å². The Balaban J connectivity index is 1.83. The van der Waals surface area contributed by atoms with Crippen LogP contribution in [-0.2, 0) is 16.1 Å². The van der Waals surface area contributed by atoms with Gasteiger partial charge in [-0.15, -0.1) is 0 Å². The number of nitrogens with one attached hydrogen (secondary N) is 1. The molecule has 2 aromatic carbocycles. The molecule has 0 spiro atoms. The lowest BCUT2D eigenvalue weighted by molar-refractivity contribution is -0.124. The Morgan fingerprint density at radius 3 is 2.33 bits per heavy atom. The van der Waals surface area contributed by atoms with Crippen molar-refractivity contribution in [1.82, 2.24) is 5.32 Å². The van der Waals surface area contributed by atoms with Gasteiger partial charge in [0.25, 0.3) is 5.91 Å². The second kappa shape index (κ2) is 11.7. The molecule has 0 aliphatic rings. The average molecular weight is 415 g/mol. The molecule has 7 nitrogen and oxygen atoms in total. The molecular weight excluding hydrogens is 386 g/mol. The Bertz CT molecular complexity index is 832. The van der Waals surface area contributed by atoms with Gasteiger partial charge in [-0.25, -0.2) is 4.79 Å². The van der Waals surface area contributed by atoms with Crippen LogP contribution in [0.1, 0.15) is 36.2 Å². The summed E-state index contributed by atoms with van der Waals surface area (Å²) in [5, 5.41) is 2.71. The monoisotopic (exact) mass is 415 g/mol. The second-order valence-electron chi connectivity index (χ2n) is 7.10. The van der Waals surface area contributed by atoms with Gasteiger partial charge in [-0.05, 0) is 48.2 Å². The number of methoxy groups -OCH3 is 2. The summed E-state index contributed by atoms with van der Waals surface area (Å²) in [6.07, 6.45) is 0.915. The standard InChI is InChI=1S/C23H29NO6/c1-16(2)11-12-29-20-10-7-18(13-21(20)28-4)23(26)30-15-22(25)24-14-17-5-8-19(27-3)9-6-17/h5-10,13,16H,11-12,14-15H2,1-4H3,(H,24,25). The number of hydrogen-bond acceptors (Lipinski definition) is 6. The summed E-state index contributed by atoms with van der Waals surface area (Å²) in [6.45, 7) is 4.76. The van der Waals surface area contributed by atoms with Crippen LogP contribution in [0.15, 0.2) is 42.5 Å². The van der Waals surface area contributed by atoms with E-state index in [1.54, 1.807) is 25.3 Å². The number of ether oxygens (including phenoxy) is 4. The fourth-order valence-electron chi connectivity index (χ4n) is 2.53. The lowest BCUT2D eigenvalue weighted by atomic mass is 10.1. The molecule has 2 rings (SSSR count). The van der Waals surface area contributed by atoms with Gasteiger partial charge in [-0.2, -0.15) is 0 Å². The summed E-state index contributed by atoms with van der Waals surface area (Å²) in [5.74, 6) is 1.28. The molecule has 0 atom stereocenters. The smallest absolute Gasteiger partial charge is 0.338 e. The number of rotatable bonds is 11. The van der Waals surface area contributed by atoms with Crippen LogP contribution in [0.25, 0.3) is 0 Å². The summed E-state index contributed by atoms with van der Waals surface area (Å²) in [6, 6.07) is 12.1. The first-order valence-electron chi connectivity index (χ1n) is 9.80. The highest BCUT2D eigenvalue weighted by atomic mass is 16.5. The SMILES string of the molecule is COc1ccc(CNC(=O)COC(=O)c2ccc(OCCC(C)C)c(OC)c2)cc1. The number of carbonyl (C=O) groups excluding carboxylic acids is 2. The molecular formula is C23H29NO6. The maximum atomic E-state index is 12.3. The predicted molar refractivity (Wildman–Crippen MR) is 113 cm³/mol. The Labute approximate surface area is 177 Å². The Kier molecular flexibility index (Phi) is 9.00. The second-order valence-corrected chi connectivity index (χ2v) is 7.10. The number of hydrogen-bond donors (Lipinski definition) is 1. The Hall–Kier alpha value is -3.22. The number of benzene rings is 2. The highest BCUT2D eigenvalue weighted by Crippen LogP contribution is 2.28. The summed E-state index contributed by atoms with van der Waals surface area (Å²) in [5.41, 5.74) is 1.19. The van der Waals surface area contributed by atoms with E-state index in [9.17, 15) is 9.59 Å². The summed E-state index contributed by atoms with van der Waals surface area (Å²) in [7, 11) is 3.10. The quantitative estimate of drug-likeness (QED) is 0.565. The maximum absolute atomic E-state index is 12.3. The normalized spacial score (nSPS) is 10.4. The molecule has 0 aliphatic carbocycles. The Morgan fingerprint density at radius 2 is 1.70 bits per heavy atom. The number of esters is 1. The first-order chi connectivity index (χ1) is 14.4. The van der Waals surface area contributed by atoms with Crippen LogP contribution < -0.4 is 19.5 Å². The van der Waals surface area contributed by atoms with Gasteiger partial charge in [-0.3, -0.25) is 4.79 Å². The molecule has 0 unspecified atom stereocenters. The first kappa shape index (κ1) is 23.1. The van der Waals surface area contributed by atoms with Crippen LogP contribution in [-0.4, -0.2) is 39.3 Å². The van der Waals surface area contributed by atoms with Crippen molar-refractivity contribution in [2.75, 3.05) is 27.4 Å². The third kappa shape index (κ3) is 7.31. The van der Waals surface area contributed by atoms with E-state index in [1.807, 2.05) is 24.3 Å². The van der Waals surface area contributed by atoms with E-state index < -0.39 is 5.97 Å². The van der Waals surface area contributed by atoms with E-state index in [1.165, 1.54) is 7.11 Å². The minimum Gasteiger partial charge on any atom is -0.497 e. The largest absolute Gasteiger partial charge is 0.497 e. The lowest BCUT2D eigenvalue weighted by Gasteiger charge is -2.13. The van der Waals surface area contributed by atoms with Gasteiger partial charge in [0.15, 0.2) is 18.1 Å². The average Bonchev–Trinajstić information content (AvgIpc) is 2.76. The molecule has 7 heteroatoms. The Morgan fingerprint density at radius 1 is 0.967 bits per heavy atom. The van der Waals surface area contributed by atoms with Crippen molar-refractivity contribution >= 4 is 11.9 Å². The van der Waals surface area contributed by atoms with Crippen LogP contribution in [0.5, 0.6) is 17.2 Å². The van der Waals surface area contributed by atoms with Gasteiger partial charge in [0, 0.05) is 6.54 Å². The fourth-order valence-corrected chi connectivity index (χ4v) is 2.53. The summed E-state index contributed by atoms with van der Waals surface area (Å²) < 4.78 is 21.2. The van der Waals surface area contributed by atoms with Gasteiger partial charge in [0.2, 0.25) is 0 Å². The minimum atomic E-state index is -0.610. The van der Waals surface area contributed by atoms with E-state index in [0.29, 0.717) is 30.6 Å². The summed E-state index contributed by atoms with van der Waals surface area (Å²) >= 11 is 0. The third-order valence-corrected chi connectivity index (χ3v) is 4.34. The number of amides is 1. The van der Waals surface area contributed by atoms with Crippen molar-refractivity contribution in [1.29, 1.82) is 0 Å². The van der Waals surface area contributed by atoms with Crippen LogP contribution >= 0.6 is 0 Å². The molecule has 0 saturated carbocycles. The summed E-state index contributed by atoms with van der Waals surface area (Å²) in [4.78, 5) is 24.2. The molecule has 0 radical (unpaired) electrons. The molecule has 2 aromatic rings. The van der Waals surface area contributed by atoms with Crippen LogP contribution in [0.4, 0.5) is 0 Å². The van der Waals surface area contributed by atoms with Crippen molar-refractivity contribution in [3.63, 3.8) is 0 Å². The molecule has 0 fully saturated rings. The zero-order valence-corrected chi connectivity index (χ0v) is 17.9. The van der Waals surface area contributed by atoms with E-state index in [2.05, 4.69) is 19.2 Å². The molecule has 0 heterocycles. The zero-order chi connectivity index (χ0) is 21.9. The van der Waals surface area contributed by atoms with Crippen LogP contribution in [0.2, 0.25) is 0 Å². The van der Waals surface area contributed by atoms with Crippen molar-refractivity contribution in [3.8, 4) is 17.2 Å². The molecule has 0 aromatic heterocycles. The highest BCUT2D eigenvalue weighted by Gasteiger charge is 2.14. The van der Waals surface area contributed by atoms with Crippen LogP contribution in [0.3, 0.4) is 0 Å². The molecule has 0 aliphatic heterocycles. The van der Waals surface area contributed by atoms with Crippen molar-refractivity contribution in [2.45, 2.75) is 26.8 Å². The molecule has 1 amide bonds. The predicted octanol–water partition coefficient (Wildman–Crippen LogP) is 3.60. The zero-order valence-electron chi connectivity index (χ0n) is 17.9. The lowest BCUT2D eigenvalue weighted by Crippen LogP contribution is -2.28. The molecule has 30 heavy (non-hydrogen) atoms. The highest BCUT2D eigenvalue weighted by molar-refractivity contribution is 5.92. The van der Waals surface area contributed by atoms with Crippen molar-refractivity contribution < 1.29 is 28.5 Å². The van der Waals surface area contributed by atoms with E-state index >= 15 is 0 Å². The number of carbonyl (C=O) groups is 2. The van der Waals surface area contributed by atoms with Gasteiger partial charge in [-0.1, -0.05) is 26.0 Å². The van der Waals surface area contributed by atoms with Gasteiger partial charge >= 0.3 is 5.97 Å². The third-order valence-electron chi connectivity index (χ3n) is 4.34. The van der Waals surface area contributed by atoms with E-state index in [0.717, 1.165) is 17.7 Å². The molecule has 0 saturated heterocycles. The first-order valence-corrected chi connectivity index (χ1v) is 9.80. The molecule has 162 valence electrons. The maximum Gasteiger partial charge on any atom is 0.338 e. The topological polar surface area (TPSA) is 83.1 Å². The van der Waals surface area contributed by atoms with Gasteiger partial charge < -0.3 is 24.3 Å². The van der Waals surface area contributed by atoms with Gasteiger partial charge in [0.05, 0.1) is 26.4 Å². The molecule has 0 bridgehead atoms. The van der Waals surface area contributed by atoms with E-state index in [4.69, 9.17) is 18.9 Å². The molecule has 1 N–H and O–H groups in total. The minimum absolute atomic E-state index is 0.283. The van der Waals surface area contributed by atoms with E-state index in [-0.39, 0.29) is 18.1 Å². The van der Waals surface area contributed by atoms with Crippen LogP contribution in [0, 0.1) is 5.92 Å².